The van der Waals surface area contributed by atoms with Crippen molar-refractivity contribution in [1.82, 2.24) is 16.2 Å². The molecule has 54 valence electrons. The summed E-state index contributed by atoms with van der Waals surface area (Å²) >= 11 is 0. The maximum absolute atomic E-state index is 11.0. The molecule has 1 saturated heterocycles. The minimum Gasteiger partial charge on any atom is -0.389 e. The Bertz CT molecular complexity index is 199. The molecule has 3 N–H and O–H groups in total. The Morgan fingerprint density at radius 1 is 1.50 bits per heavy atom. The number of carbonyl (C=O) groups is 1. The minimum absolute atomic E-state index is 0.0706. The van der Waals surface area contributed by atoms with Crippen molar-refractivity contribution in [2.75, 3.05) is 6.54 Å². The highest BCUT2D eigenvalue weighted by Crippen LogP contribution is 2.18. The molecule has 2 aliphatic rings. The molecule has 2 rings (SSSR count). The first kappa shape index (κ1) is 5.58. The Morgan fingerprint density at radius 2 is 2.40 bits per heavy atom. The van der Waals surface area contributed by atoms with E-state index in [0.717, 1.165) is 18.7 Å². The average Bonchev–Trinajstić information content (AvgIpc) is 2.34. The molecule has 0 bridgehead atoms. The van der Waals surface area contributed by atoms with Crippen LogP contribution in [0.2, 0.25) is 0 Å². The largest absolute Gasteiger partial charge is 0.389 e. The normalized spacial score (nSPS) is 29.4. The zero-order valence-corrected chi connectivity index (χ0v) is 5.48. The van der Waals surface area contributed by atoms with E-state index >= 15 is 0 Å². The van der Waals surface area contributed by atoms with Crippen LogP contribution in [-0.2, 0) is 4.79 Å². The lowest BCUT2D eigenvalue weighted by molar-refractivity contribution is -0.122. The molecule has 1 fully saturated rings. The summed E-state index contributed by atoms with van der Waals surface area (Å²) in [5, 5.41) is 3.06. The van der Waals surface area contributed by atoms with Gasteiger partial charge in [0.1, 0.15) is 0 Å². The van der Waals surface area contributed by atoms with Gasteiger partial charge in [0.2, 0.25) is 5.91 Å². The van der Waals surface area contributed by atoms with E-state index in [1.54, 1.807) is 0 Å². The van der Waals surface area contributed by atoms with Crippen LogP contribution in [0.5, 0.6) is 0 Å². The van der Waals surface area contributed by atoms with Gasteiger partial charge in [-0.05, 0) is 6.42 Å². The van der Waals surface area contributed by atoms with Crippen LogP contribution in [0.4, 0.5) is 0 Å². The van der Waals surface area contributed by atoms with Crippen LogP contribution in [-0.4, -0.2) is 12.5 Å². The minimum atomic E-state index is 0.0706. The number of hydrazine groups is 1. The molecule has 0 aromatic rings. The molecule has 10 heavy (non-hydrogen) atoms. The van der Waals surface area contributed by atoms with Gasteiger partial charge in [-0.2, -0.15) is 0 Å². The molecule has 4 heteroatoms. The van der Waals surface area contributed by atoms with Crippen LogP contribution in [0, 0.1) is 5.92 Å². The van der Waals surface area contributed by atoms with E-state index in [-0.39, 0.29) is 11.8 Å². The van der Waals surface area contributed by atoms with Crippen molar-refractivity contribution in [3.63, 3.8) is 0 Å². The highest BCUT2D eigenvalue weighted by Gasteiger charge is 2.30. The predicted octanol–water partition coefficient (Wildman–Crippen LogP) is -0.928. The summed E-state index contributed by atoms with van der Waals surface area (Å²) in [5.41, 5.74) is 6.34. The van der Waals surface area contributed by atoms with E-state index in [4.69, 9.17) is 0 Å². The number of nitrogens with one attached hydrogen (secondary N) is 3. The quantitative estimate of drug-likeness (QED) is 0.406. The van der Waals surface area contributed by atoms with Gasteiger partial charge in [0.15, 0.2) is 0 Å². The van der Waals surface area contributed by atoms with E-state index in [2.05, 4.69) is 16.2 Å². The summed E-state index contributed by atoms with van der Waals surface area (Å²) in [7, 11) is 0. The number of carbonyl (C=O) groups excluding carboxylic acids is 1. The summed E-state index contributed by atoms with van der Waals surface area (Å²) in [4.78, 5) is 11.0. The van der Waals surface area contributed by atoms with Crippen molar-refractivity contribution < 1.29 is 4.79 Å². The van der Waals surface area contributed by atoms with Crippen LogP contribution in [0.25, 0.3) is 0 Å². The number of amides is 1. The number of hydrogen-bond acceptors (Lipinski definition) is 3. The van der Waals surface area contributed by atoms with E-state index < -0.39 is 0 Å². The lowest BCUT2D eigenvalue weighted by Gasteiger charge is -2.13. The second-order valence-corrected chi connectivity index (χ2v) is 2.51. The van der Waals surface area contributed by atoms with Gasteiger partial charge >= 0.3 is 0 Å². The molecule has 0 aromatic carbocycles. The lowest BCUT2D eigenvalue weighted by Crippen LogP contribution is -2.25. The van der Waals surface area contributed by atoms with E-state index in [1.807, 2.05) is 6.20 Å². The molecule has 1 unspecified atom stereocenters. The van der Waals surface area contributed by atoms with E-state index in [9.17, 15) is 4.79 Å². The van der Waals surface area contributed by atoms with Crippen molar-refractivity contribution in [2.45, 2.75) is 6.42 Å². The Balaban J connectivity index is 2.25. The molecule has 0 radical (unpaired) electrons. The molecular weight excluding hydrogens is 130 g/mol. The van der Waals surface area contributed by atoms with Gasteiger partial charge in [0.05, 0.1) is 11.6 Å². The van der Waals surface area contributed by atoms with Gasteiger partial charge in [0, 0.05) is 12.7 Å². The summed E-state index contributed by atoms with van der Waals surface area (Å²) < 4.78 is 0. The first-order valence-electron chi connectivity index (χ1n) is 3.37. The zero-order valence-electron chi connectivity index (χ0n) is 5.48. The van der Waals surface area contributed by atoms with Crippen molar-refractivity contribution in [1.29, 1.82) is 0 Å². The molecule has 0 aromatic heterocycles. The molecule has 0 saturated carbocycles. The molecular formula is C6H9N3O. The Labute approximate surface area is 58.6 Å². The third-order valence-electron chi connectivity index (χ3n) is 1.86. The van der Waals surface area contributed by atoms with Crippen molar-refractivity contribution in [2.24, 2.45) is 5.92 Å². The summed E-state index contributed by atoms with van der Waals surface area (Å²) in [6, 6.07) is 0. The molecule has 0 spiro atoms. The van der Waals surface area contributed by atoms with Crippen molar-refractivity contribution in [3.8, 4) is 0 Å². The van der Waals surface area contributed by atoms with Gasteiger partial charge in [-0.1, -0.05) is 0 Å². The predicted molar refractivity (Wildman–Crippen MR) is 35.5 cm³/mol. The number of fused-ring (bicyclic) bond motifs is 1. The average molecular weight is 139 g/mol. The molecule has 1 atom stereocenters. The van der Waals surface area contributed by atoms with Gasteiger partial charge in [-0.15, -0.1) is 0 Å². The molecule has 0 aliphatic carbocycles. The fraction of sp³-hybridized carbons (Fsp3) is 0.500. The van der Waals surface area contributed by atoms with Crippen LogP contribution < -0.4 is 16.2 Å². The van der Waals surface area contributed by atoms with E-state index in [1.165, 1.54) is 0 Å². The summed E-state index contributed by atoms with van der Waals surface area (Å²) in [5.74, 6) is 0.161. The third-order valence-corrected chi connectivity index (χ3v) is 1.86. The SMILES string of the molecule is O=C1NNC2=CNCCC12. The standard InChI is InChI=1S/C6H9N3O/c10-6-4-1-2-7-3-5(4)8-9-6/h3-4,7-8H,1-2H2,(H,9,10). The third kappa shape index (κ3) is 0.650. The van der Waals surface area contributed by atoms with Gasteiger partial charge in [-0.3, -0.25) is 10.2 Å². The van der Waals surface area contributed by atoms with Gasteiger partial charge in [0.25, 0.3) is 0 Å². The number of rotatable bonds is 0. The van der Waals surface area contributed by atoms with Gasteiger partial charge in [-0.25, -0.2) is 0 Å². The second kappa shape index (κ2) is 1.90. The van der Waals surface area contributed by atoms with Crippen LogP contribution in [0.3, 0.4) is 0 Å². The summed E-state index contributed by atoms with van der Waals surface area (Å²) in [6.45, 7) is 0.892. The fourth-order valence-electron chi connectivity index (χ4n) is 1.28. The highest BCUT2D eigenvalue weighted by atomic mass is 16.2. The van der Waals surface area contributed by atoms with Crippen LogP contribution in [0.15, 0.2) is 11.9 Å². The van der Waals surface area contributed by atoms with Crippen molar-refractivity contribution in [3.05, 3.63) is 11.9 Å². The van der Waals surface area contributed by atoms with Crippen LogP contribution in [0.1, 0.15) is 6.42 Å². The highest BCUT2D eigenvalue weighted by molar-refractivity contribution is 5.83. The molecule has 2 heterocycles. The molecule has 1 amide bonds. The topological polar surface area (TPSA) is 53.2 Å². The van der Waals surface area contributed by atoms with Crippen LogP contribution >= 0.6 is 0 Å². The monoisotopic (exact) mass is 139 g/mol. The van der Waals surface area contributed by atoms with Gasteiger partial charge < -0.3 is 10.7 Å². The maximum Gasteiger partial charge on any atom is 0.247 e. The first-order chi connectivity index (χ1) is 4.88. The van der Waals surface area contributed by atoms with Crippen molar-refractivity contribution >= 4 is 5.91 Å². The number of hydrogen-bond donors (Lipinski definition) is 3. The second-order valence-electron chi connectivity index (χ2n) is 2.51. The van der Waals surface area contributed by atoms with E-state index in [0.29, 0.717) is 0 Å². The first-order valence-corrected chi connectivity index (χ1v) is 3.37. The smallest absolute Gasteiger partial charge is 0.247 e. The Hall–Kier alpha value is -1.19. The fourth-order valence-corrected chi connectivity index (χ4v) is 1.28. The lowest BCUT2D eigenvalue weighted by atomic mass is 10.0. The molecule has 2 aliphatic heterocycles. The molecule has 4 nitrogen and oxygen atoms in total. The Kier molecular flexibility index (Phi) is 1.06. The Morgan fingerprint density at radius 3 is 3.20 bits per heavy atom. The maximum atomic E-state index is 11.0. The zero-order chi connectivity index (χ0) is 6.97. The summed E-state index contributed by atoms with van der Waals surface area (Å²) in [6.07, 6.45) is 2.75.